The molecule has 0 aliphatic rings. The standard InChI is InChI=1S/C19H19NO4/c1-12(2)13-3-5-14(6-4-13)17(21)11-24-19(23)16-9-7-15(8-10-16)18(20)22/h3-10,12H,11H2,1-2H3,(H2,20,22). The summed E-state index contributed by atoms with van der Waals surface area (Å²) in [7, 11) is 0. The fourth-order valence-electron chi connectivity index (χ4n) is 2.12. The minimum Gasteiger partial charge on any atom is -0.454 e. The maximum atomic E-state index is 12.1. The zero-order chi connectivity index (χ0) is 17.7. The Morgan fingerprint density at radius 2 is 1.38 bits per heavy atom. The van der Waals surface area contributed by atoms with Gasteiger partial charge in [-0.2, -0.15) is 0 Å². The molecule has 0 heterocycles. The van der Waals surface area contributed by atoms with Gasteiger partial charge in [-0.1, -0.05) is 38.1 Å². The van der Waals surface area contributed by atoms with Gasteiger partial charge in [-0.25, -0.2) is 4.79 Å². The fourth-order valence-corrected chi connectivity index (χ4v) is 2.12. The number of ether oxygens (including phenoxy) is 1. The van der Waals surface area contributed by atoms with Crippen molar-refractivity contribution in [2.24, 2.45) is 5.73 Å². The van der Waals surface area contributed by atoms with Crippen LogP contribution in [0, 0.1) is 0 Å². The number of Topliss-reactive ketones (excluding diaryl/α,β-unsaturated/α-hetero) is 1. The van der Waals surface area contributed by atoms with Crippen LogP contribution in [0.25, 0.3) is 0 Å². The summed E-state index contributed by atoms with van der Waals surface area (Å²) in [5.41, 5.74) is 7.32. The number of hydrogen-bond acceptors (Lipinski definition) is 4. The van der Waals surface area contributed by atoms with Gasteiger partial charge in [0.2, 0.25) is 5.91 Å². The van der Waals surface area contributed by atoms with Crippen LogP contribution in [0.4, 0.5) is 0 Å². The topological polar surface area (TPSA) is 86.5 Å². The molecule has 0 aliphatic heterocycles. The second-order valence-corrected chi connectivity index (χ2v) is 5.72. The molecule has 0 aromatic heterocycles. The number of carbonyl (C=O) groups is 3. The Hall–Kier alpha value is -2.95. The minimum atomic E-state index is -0.627. The molecule has 0 aliphatic carbocycles. The maximum Gasteiger partial charge on any atom is 0.338 e. The molecule has 0 atom stereocenters. The van der Waals surface area contributed by atoms with Gasteiger partial charge >= 0.3 is 5.97 Å². The van der Waals surface area contributed by atoms with Gasteiger partial charge in [-0.05, 0) is 35.7 Å². The number of nitrogens with two attached hydrogens (primary N) is 1. The molecule has 0 fully saturated rings. The highest BCUT2D eigenvalue weighted by molar-refractivity contribution is 5.99. The van der Waals surface area contributed by atoms with E-state index in [1.165, 1.54) is 24.3 Å². The van der Waals surface area contributed by atoms with Gasteiger partial charge in [0.15, 0.2) is 12.4 Å². The monoisotopic (exact) mass is 325 g/mol. The van der Waals surface area contributed by atoms with Crippen LogP contribution in [0.5, 0.6) is 0 Å². The van der Waals surface area contributed by atoms with E-state index in [-0.39, 0.29) is 18.0 Å². The van der Waals surface area contributed by atoms with Gasteiger partial charge in [0.1, 0.15) is 0 Å². The Morgan fingerprint density at radius 3 is 1.88 bits per heavy atom. The van der Waals surface area contributed by atoms with Crippen molar-refractivity contribution < 1.29 is 19.1 Å². The summed E-state index contributed by atoms with van der Waals surface area (Å²) in [4.78, 5) is 35.0. The van der Waals surface area contributed by atoms with Gasteiger partial charge in [-0.15, -0.1) is 0 Å². The van der Waals surface area contributed by atoms with Crippen LogP contribution >= 0.6 is 0 Å². The van der Waals surface area contributed by atoms with Crippen molar-refractivity contribution in [2.75, 3.05) is 6.61 Å². The quantitative estimate of drug-likeness (QED) is 0.653. The molecule has 0 saturated heterocycles. The van der Waals surface area contributed by atoms with Crippen molar-refractivity contribution in [2.45, 2.75) is 19.8 Å². The van der Waals surface area contributed by atoms with Crippen molar-refractivity contribution in [3.05, 3.63) is 70.8 Å². The van der Waals surface area contributed by atoms with Crippen LogP contribution < -0.4 is 5.73 Å². The highest BCUT2D eigenvalue weighted by atomic mass is 16.5. The van der Waals surface area contributed by atoms with E-state index in [0.717, 1.165) is 5.56 Å². The van der Waals surface area contributed by atoms with Crippen molar-refractivity contribution in [3.8, 4) is 0 Å². The van der Waals surface area contributed by atoms with Gasteiger partial charge in [-0.3, -0.25) is 9.59 Å². The Bertz CT molecular complexity index is 746. The third-order valence-electron chi connectivity index (χ3n) is 3.64. The number of primary amides is 1. The van der Waals surface area contributed by atoms with Crippen LogP contribution in [-0.4, -0.2) is 24.3 Å². The average Bonchev–Trinajstić information content (AvgIpc) is 2.59. The zero-order valence-electron chi connectivity index (χ0n) is 13.6. The van der Waals surface area contributed by atoms with Gasteiger partial charge in [0.05, 0.1) is 5.56 Å². The van der Waals surface area contributed by atoms with Crippen LogP contribution in [0.15, 0.2) is 48.5 Å². The molecule has 0 spiro atoms. The van der Waals surface area contributed by atoms with Gasteiger partial charge in [0.25, 0.3) is 0 Å². The molecule has 5 heteroatoms. The maximum absolute atomic E-state index is 12.1. The molecule has 24 heavy (non-hydrogen) atoms. The highest BCUT2D eigenvalue weighted by Gasteiger charge is 2.12. The third-order valence-corrected chi connectivity index (χ3v) is 3.64. The average molecular weight is 325 g/mol. The van der Waals surface area contributed by atoms with Crippen LogP contribution in [-0.2, 0) is 4.74 Å². The Kier molecular flexibility index (Phi) is 5.47. The van der Waals surface area contributed by atoms with E-state index in [1.807, 2.05) is 12.1 Å². The molecule has 2 N–H and O–H groups in total. The van der Waals surface area contributed by atoms with Crippen molar-refractivity contribution in [1.29, 1.82) is 0 Å². The van der Waals surface area contributed by atoms with E-state index in [4.69, 9.17) is 10.5 Å². The first-order valence-corrected chi connectivity index (χ1v) is 7.58. The van der Waals surface area contributed by atoms with E-state index in [9.17, 15) is 14.4 Å². The molecule has 1 amide bonds. The summed E-state index contributed by atoms with van der Waals surface area (Å²) >= 11 is 0. The molecular weight excluding hydrogens is 306 g/mol. The summed E-state index contributed by atoms with van der Waals surface area (Å²) < 4.78 is 5.02. The number of esters is 1. The summed E-state index contributed by atoms with van der Waals surface area (Å²) in [5, 5.41) is 0. The Balaban J connectivity index is 1.95. The lowest BCUT2D eigenvalue weighted by Gasteiger charge is -2.07. The summed E-state index contributed by atoms with van der Waals surface area (Å²) in [6, 6.07) is 13.0. The van der Waals surface area contributed by atoms with Gasteiger partial charge in [0, 0.05) is 11.1 Å². The highest BCUT2D eigenvalue weighted by Crippen LogP contribution is 2.15. The second kappa shape index (κ2) is 7.55. The van der Waals surface area contributed by atoms with E-state index in [1.54, 1.807) is 12.1 Å². The molecule has 5 nitrogen and oxygen atoms in total. The number of carbonyl (C=O) groups excluding carboxylic acids is 3. The normalized spacial score (nSPS) is 10.5. The number of benzene rings is 2. The molecule has 0 unspecified atom stereocenters. The van der Waals surface area contributed by atoms with E-state index < -0.39 is 11.9 Å². The molecular formula is C19H19NO4. The van der Waals surface area contributed by atoms with E-state index in [2.05, 4.69) is 13.8 Å². The van der Waals surface area contributed by atoms with Crippen molar-refractivity contribution in [1.82, 2.24) is 0 Å². The lowest BCUT2D eigenvalue weighted by molar-refractivity contribution is 0.0474. The van der Waals surface area contributed by atoms with E-state index >= 15 is 0 Å². The zero-order valence-corrected chi connectivity index (χ0v) is 13.6. The fraction of sp³-hybridized carbons (Fsp3) is 0.211. The molecule has 2 rings (SSSR count). The van der Waals surface area contributed by atoms with Gasteiger partial charge < -0.3 is 10.5 Å². The number of hydrogen-bond donors (Lipinski definition) is 1. The summed E-state index contributed by atoms with van der Waals surface area (Å²) in [6.45, 7) is 3.81. The molecule has 0 saturated carbocycles. The molecule has 0 radical (unpaired) electrons. The molecule has 2 aromatic rings. The lowest BCUT2D eigenvalue weighted by Crippen LogP contribution is -2.15. The first kappa shape index (κ1) is 17.4. The largest absolute Gasteiger partial charge is 0.454 e. The Labute approximate surface area is 140 Å². The Morgan fingerprint density at radius 1 is 0.875 bits per heavy atom. The van der Waals surface area contributed by atoms with Crippen LogP contribution in [0.3, 0.4) is 0 Å². The number of ketones is 1. The van der Waals surface area contributed by atoms with Crippen molar-refractivity contribution >= 4 is 17.7 Å². The van der Waals surface area contributed by atoms with Crippen LogP contribution in [0.1, 0.15) is 56.4 Å². The number of amides is 1. The SMILES string of the molecule is CC(C)c1ccc(C(=O)COC(=O)c2ccc(C(N)=O)cc2)cc1. The lowest BCUT2D eigenvalue weighted by atomic mass is 10.0. The van der Waals surface area contributed by atoms with E-state index in [0.29, 0.717) is 17.0 Å². The smallest absolute Gasteiger partial charge is 0.338 e. The second-order valence-electron chi connectivity index (χ2n) is 5.72. The molecule has 124 valence electrons. The van der Waals surface area contributed by atoms with Crippen molar-refractivity contribution in [3.63, 3.8) is 0 Å². The predicted molar refractivity (Wildman–Crippen MR) is 90.1 cm³/mol. The summed E-state index contributed by atoms with van der Waals surface area (Å²) in [5.74, 6) is -1.09. The minimum absolute atomic E-state index is 0.253. The first-order valence-electron chi connectivity index (χ1n) is 7.58. The molecule has 0 bridgehead atoms. The predicted octanol–water partition coefficient (Wildman–Crippen LogP) is 2.95. The van der Waals surface area contributed by atoms with Crippen LogP contribution in [0.2, 0.25) is 0 Å². The third kappa shape index (κ3) is 4.29. The molecule has 2 aromatic carbocycles. The number of rotatable bonds is 6. The summed E-state index contributed by atoms with van der Waals surface area (Å²) in [6.07, 6.45) is 0. The first-order chi connectivity index (χ1) is 11.4.